The maximum atomic E-state index is 14.7. The van der Waals surface area contributed by atoms with Crippen LogP contribution in [0.25, 0.3) is 0 Å². The maximum Gasteiger partial charge on any atom is 0.251 e. The molecule has 1 N–H and O–H groups in total. The third-order valence-electron chi connectivity index (χ3n) is 8.70. The summed E-state index contributed by atoms with van der Waals surface area (Å²) in [7, 11) is 1.77. The molecule has 0 bridgehead atoms. The fraction of sp³-hybridized carbons (Fsp3) is 0.567. The molecule has 1 unspecified atom stereocenters. The van der Waals surface area contributed by atoms with Crippen molar-refractivity contribution in [3.05, 3.63) is 53.6 Å². The van der Waals surface area contributed by atoms with Crippen LogP contribution in [0.1, 0.15) is 38.3 Å². The largest absolute Gasteiger partial charge is 0.394 e. The Morgan fingerprint density at radius 1 is 1.03 bits per heavy atom. The third kappa shape index (κ3) is 3.94. The lowest BCUT2D eigenvalue weighted by Crippen LogP contribution is -2.57. The number of amides is 3. The summed E-state index contributed by atoms with van der Waals surface area (Å²) in [5.41, 5.74) is 2.86. The van der Waals surface area contributed by atoms with Gasteiger partial charge in [0.2, 0.25) is 11.8 Å². The van der Waals surface area contributed by atoms with Gasteiger partial charge in [-0.1, -0.05) is 50.3 Å². The van der Waals surface area contributed by atoms with Gasteiger partial charge in [-0.2, -0.15) is 0 Å². The van der Waals surface area contributed by atoms with Crippen molar-refractivity contribution < 1.29 is 19.5 Å². The minimum absolute atomic E-state index is 0.0679. The minimum Gasteiger partial charge on any atom is -0.394 e. The summed E-state index contributed by atoms with van der Waals surface area (Å²) < 4.78 is -1.54. The van der Waals surface area contributed by atoms with Gasteiger partial charge >= 0.3 is 0 Å². The molecule has 0 radical (unpaired) electrons. The van der Waals surface area contributed by atoms with E-state index in [1.807, 2.05) is 57.2 Å². The molecule has 0 saturated carbocycles. The van der Waals surface area contributed by atoms with Gasteiger partial charge in [-0.05, 0) is 50.3 Å². The molecule has 4 aliphatic rings. The average Bonchev–Trinajstić information content (AvgIpc) is 3.14. The van der Waals surface area contributed by atoms with Crippen LogP contribution in [0.2, 0.25) is 0 Å². The lowest BCUT2D eigenvalue weighted by atomic mass is 9.74. The Hall–Kier alpha value is -2.58. The first-order valence-electron chi connectivity index (χ1n) is 13.6. The van der Waals surface area contributed by atoms with Gasteiger partial charge in [-0.3, -0.25) is 14.4 Å². The number of likely N-dealkylation sites (N-methyl/N-ethyl adjacent to an activating group) is 1. The van der Waals surface area contributed by atoms with E-state index in [-0.39, 0.29) is 30.2 Å². The topological polar surface area (TPSA) is 81.2 Å². The number of rotatable bonds is 5. The van der Waals surface area contributed by atoms with Crippen molar-refractivity contribution in [2.45, 2.75) is 62.6 Å². The summed E-state index contributed by atoms with van der Waals surface area (Å²) in [5.74, 6) is -1.50. The maximum absolute atomic E-state index is 14.7. The first kappa shape index (κ1) is 27.0. The second kappa shape index (κ2) is 9.56. The number of aryl methyl sites for hydroxylation is 2. The third-order valence-corrected chi connectivity index (χ3v) is 10.5. The minimum atomic E-state index is -0.914. The molecule has 1 aromatic carbocycles. The van der Waals surface area contributed by atoms with Crippen LogP contribution in [-0.2, 0) is 14.4 Å². The van der Waals surface area contributed by atoms with Gasteiger partial charge in [0.1, 0.15) is 6.04 Å². The molecule has 2 fully saturated rings. The van der Waals surface area contributed by atoms with Crippen LogP contribution in [0.15, 0.2) is 42.5 Å². The smallest absolute Gasteiger partial charge is 0.251 e. The summed E-state index contributed by atoms with van der Waals surface area (Å²) >= 11 is 1.58. The van der Waals surface area contributed by atoms with E-state index in [1.165, 1.54) is 0 Å². The van der Waals surface area contributed by atoms with Crippen LogP contribution in [0, 0.1) is 31.6 Å². The fourth-order valence-electron chi connectivity index (χ4n) is 7.02. The molecule has 8 heteroatoms. The van der Waals surface area contributed by atoms with E-state index in [0.717, 1.165) is 16.8 Å². The van der Waals surface area contributed by atoms with Gasteiger partial charge in [0, 0.05) is 30.6 Å². The van der Waals surface area contributed by atoms with Crippen LogP contribution in [0.5, 0.6) is 0 Å². The first-order chi connectivity index (χ1) is 17.9. The number of aliphatic hydroxyl groups excluding tert-OH is 1. The van der Waals surface area contributed by atoms with E-state index < -0.39 is 33.4 Å². The second-order valence-electron chi connectivity index (χ2n) is 12.0. The van der Waals surface area contributed by atoms with Gasteiger partial charge in [0.05, 0.1) is 29.2 Å². The van der Waals surface area contributed by atoms with Crippen molar-refractivity contribution in [1.29, 1.82) is 0 Å². The van der Waals surface area contributed by atoms with Crippen molar-refractivity contribution in [3.63, 3.8) is 0 Å². The summed E-state index contributed by atoms with van der Waals surface area (Å²) in [4.78, 5) is 48.1. The van der Waals surface area contributed by atoms with Crippen LogP contribution in [0.4, 0.5) is 5.69 Å². The molecule has 38 heavy (non-hydrogen) atoms. The van der Waals surface area contributed by atoms with E-state index in [4.69, 9.17) is 0 Å². The van der Waals surface area contributed by atoms with Crippen molar-refractivity contribution in [2.24, 2.45) is 17.8 Å². The highest BCUT2D eigenvalue weighted by Crippen LogP contribution is 2.66. The first-order valence-corrected chi connectivity index (χ1v) is 14.4. The molecule has 3 amide bonds. The molecule has 204 valence electrons. The quantitative estimate of drug-likeness (QED) is 0.583. The lowest BCUT2D eigenvalue weighted by Gasteiger charge is -2.40. The number of nitrogens with zero attached hydrogens (tertiary/aromatic N) is 3. The highest BCUT2D eigenvalue weighted by Gasteiger charge is 2.74. The molecule has 6 atom stereocenters. The van der Waals surface area contributed by atoms with Crippen LogP contribution in [0.3, 0.4) is 0 Å². The molecular formula is C30H39N3O4S. The van der Waals surface area contributed by atoms with Crippen LogP contribution >= 0.6 is 11.8 Å². The molecule has 2 saturated heterocycles. The van der Waals surface area contributed by atoms with E-state index in [1.54, 1.807) is 33.5 Å². The SMILES string of the molecule is Cc1ccc(C)c(N2CC=C[C@]34S[C@]5(C)C=CCN(C)C(=O)[C@@H]5[C@H]3C(=O)N([C@@H](CO)CC(C)C)C4C2=O)c1. The zero-order valence-electron chi connectivity index (χ0n) is 23.2. The molecular weight excluding hydrogens is 498 g/mol. The van der Waals surface area contributed by atoms with E-state index in [2.05, 4.69) is 19.9 Å². The summed E-state index contributed by atoms with van der Waals surface area (Å²) in [5, 5.41) is 10.5. The number of hydrogen-bond donors (Lipinski definition) is 1. The molecule has 5 rings (SSSR count). The summed E-state index contributed by atoms with van der Waals surface area (Å²) in [6, 6.07) is 4.73. The highest BCUT2D eigenvalue weighted by molar-refractivity contribution is 8.02. The van der Waals surface area contributed by atoms with Crippen molar-refractivity contribution >= 4 is 35.2 Å². The van der Waals surface area contributed by atoms with E-state index in [9.17, 15) is 19.5 Å². The van der Waals surface area contributed by atoms with Crippen LogP contribution in [-0.4, -0.2) is 80.9 Å². The van der Waals surface area contributed by atoms with Crippen molar-refractivity contribution in [3.8, 4) is 0 Å². The predicted molar refractivity (Wildman–Crippen MR) is 151 cm³/mol. The monoisotopic (exact) mass is 537 g/mol. The molecule has 4 aliphatic heterocycles. The molecule has 0 aromatic heterocycles. The fourth-order valence-corrected chi connectivity index (χ4v) is 9.17. The molecule has 4 heterocycles. The zero-order chi connectivity index (χ0) is 27.6. The normalized spacial score (nSPS) is 33.4. The van der Waals surface area contributed by atoms with Gasteiger partial charge in [-0.15, -0.1) is 11.8 Å². The van der Waals surface area contributed by atoms with E-state index >= 15 is 0 Å². The van der Waals surface area contributed by atoms with Crippen LogP contribution < -0.4 is 4.90 Å². The Bertz CT molecular complexity index is 1230. The number of aliphatic hydroxyl groups is 1. The van der Waals surface area contributed by atoms with E-state index in [0.29, 0.717) is 19.5 Å². The van der Waals surface area contributed by atoms with Crippen molar-refractivity contribution in [2.75, 3.05) is 31.6 Å². The highest BCUT2D eigenvalue weighted by atomic mass is 32.2. The van der Waals surface area contributed by atoms with Gasteiger partial charge in [-0.25, -0.2) is 0 Å². The Balaban J connectivity index is 1.70. The van der Waals surface area contributed by atoms with Gasteiger partial charge < -0.3 is 19.8 Å². The Kier molecular flexibility index (Phi) is 6.79. The molecule has 7 nitrogen and oxygen atoms in total. The summed E-state index contributed by atoms with van der Waals surface area (Å²) in [6.07, 6.45) is 8.68. The number of carbonyl (C=O) groups excluding carboxylic acids is 3. The molecule has 1 aromatic rings. The number of carbonyl (C=O) groups is 3. The number of fused-ring (bicyclic) bond motifs is 2. The number of hydrogen-bond acceptors (Lipinski definition) is 5. The Labute approximate surface area is 229 Å². The van der Waals surface area contributed by atoms with Gasteiger partial charge in [0.25, 0.3) is 5.91 Å². The van der Waals surface area contributed by atoms with Crippen molar-refractivity contribution in [1.82, 2.24) is 9.80 Å². The number of anilines is 1. The molecule has 1 spiro atoms. The second-order valence-corrected chi connectivity index (χ2v) is 13.8. The number of likely N-dealkylation sites (tertiary alicyclic amines) is 1. The Morgan fingerprint density at radius 2 is 1.74 bits per heavy atom. The summed E-state index contributed by atoms with van der Waals surface area (Å²) in [6.45, 7) is 10.8. The predicted octanol–water partition coefficient (Wildman–Crippen LogP) is 3.33. The standard InChI is InChI=1S/C30H39N3O4S/c1-18(2)15-21(17-34)33-25-28(37)32(22-16-19(3)9-10-20(22)4)14-8-12-30(25)24(27(33)36)23-26(35)31(6)13-7-11-29(23,5)38-30/h7-12,16,18,21,23-25,34H,13-15,17H2,1-6H3/t21-,23+,24+,25?,29-,30+/m1/s1. The lowest BCUT2D eigenvalue weighted by molar-refractivity contribution is -0.145. The Morgan fingerprint density at radius 3 is 2.42 bits per heavy atom. The zero-order valence-corrected chi connectivity index (χ0v) is 24.0. The molecule has 0 aliphatic carbocycles. The number of benzene rings is 1. The average molecular weight is 538 g/mol. The number of thioether (sulfide) groups is 1. The van der Waals surface area contributed by atoms with Gasteiger partial charge in [0.15, 0.2) is 0 Å².